The van der Waals surface area contributed by atoms with Crippen LogP contribution < -0.4 is 4.74 Å². The molecule has 0 aliphatic rings. The fraction of sp³-hybridized carbons (Fsp3) is 0.571. The number of ether oxygens (including phenoxy) is 2. The van der Waals surface area contributed by atoms with Crippen LogP contribution in [0.2, 0.25) is 0 Å². The Morgan fingerprint density at radius 2 is 1.72 bits per heavy atom. The number of allylic oxidation sites excluding steroid dienone is 1. The number of phenolic OH excluding ortho intramolecular Hbond substituents is 1. The van der Waals surface area contributed by atoms with Gasteiger partial charge in [0.25, 0.3) is 0 Å². The van der Waals surface area contributed by atoms with Gasteiger partial charge in [0.15, 0.2) is 5.78 Å². The average molecular weight is 348 g/mol. The van der Waals surface area contributed by atoms with Gasteiger partial charge in [-0.25, -0.2) is 0 Å². The second-order valence-corrected chi connectivity index (χ2v) is 6.12. The van der Waals surface area contributed by atoms with E-state index in [1.54, 1.807) is 12.1 Å². The van der Waals surface area contributed by atoms with E-state index in [0.29, 0.717) is 19.0 Å². The van der Waals surface area contributed by atoms with Gasteiger partial charge in [-0.3, -0.25) is 4.79 Å². The van der Waals surface area contributed by atoms with Gasteiger partial charge in [0.05, 0.1) is 25.0 Å². The molecule has 1 N–H and O–H groups in total. The fourth-order valence-electron chi connectivity index (χ4n) is 2.53. The molecule has 0 fully saturated rings. The molecule has 0 amide bonds. The molecule has 1 rings (SSSR count). The highest BCUT2D eigenvalue weighted by Gasteiger charge is 2.09. The Bertz CT molecular complexity index is 523. The first-order valence-electron chi connectivity index (χ1n) is 9.47. The van der Waals surface area contributed by atoms with Crippen molar-refractivity contribution in [1.29, 1.82) is 0 Å². The SMILES string of the molecule is CCCCCCCCCCOc1ccc(C(=O)/C=C\OCC)c(O)c1. The van der Waals surface area contributed by atoms with Gasteiger partial charge in [-0.1, -0.05) is 51.9 Å². The quantitative estimate of drug-likeness (QED) is 0.204. The van der Waals surface area contributed by atoms with Crippen LogP contribution in [-0.2, 0) is 4.74 Å². The van der Waals surface area contributed by atoms with Crippen LogP contribution in [0, 0.1) is 0 Å². The summed E-state index contributed by atoms with van der Waals surface area (Å²) in [4.78, 5) is 11.9. The normalized spacial score (nSPS) is 11.0. The lowest BCUT2D eigenvalue weighted by Crippen LogP contribution is -1.99. The number of carbonyl (C=O) groups is 1. The van der Waals surface area contributed by atoms with Gasteiger partial charge in [0.2, 0.25) is 0 Å². The largest absolute Gasteiger partial charge is 0.507 e. The van der Waals surface area contributed by atoms with E-state index in [0.717, 1.165) is 12.8 Å². The molecule has 140 valence electrons. The molecule has 0 radical (unpaired) electrons. The molecule has 0 aliphatic carbocycles. The molecule has 0 atom stereocenters. The summed E-state index contributed by atoms with van der Waals surface area (Å²) in [5.41, 5.74) is 0.246. The zero-order chi connectivity index (χ0) is 18.3. The smallest absolute Gasteiger partial charge is 0.192 e. The Labute approximate surface area is 151 Å². The minimum atomic E-state index is -0.291. The third-order valence-corrected chi connectivity index (χ3v) is 3.98. The summed E-state index contributed by atoms with van der Waals surface area (Å²) >= 11 is 0. The Hall–Kier alpha value is -1.97. The summed E-state index contributed by atoms with van der Waals surface area (Å²) in [5, 5.41) is 9.99. The molecule has 0 saturated heterocycles. The lowest BCUT2D eigenvalue weighted by atomic mass is 10.1. The van der Waals surface area contributed by atoms with Crippen molar-refractivity contribution in [2.75, 3.05) is 13.2 Å². The number of unbranched alkanes of at least 4 members (excludes halogenated alkanes) is 7. The maximum atomic E-state index is 11.9. The maximum absolute atomic E-state index is 11.9. The zero-order valence-corrected chi connectivity index (χ0v) is 15.6. The van der Waals surface area contributed by atoms with E-state index in [2.05, 4.69) is 6.92 Å². The molecule has 25 heavy (non-hydrogen) atoms. The van der Waals surface area contributed by atoms with Gasteiger partial charge in [0, 0.05) is 12.1 Å². The number of hydrogen-bond acceptors (Lipinski definition) is 4. The second-order valence-electron chi connectivity index (χ2n) is 6.12. The van der Waals surface area contributed by atoms with E-state index < -0.39 is 0 Å². The van der Waals surface area contributed by atoms with Gasteiger partial charge in [-0.15, -0.1) is 0 Å². The van der Waals surface area contributed by atoms with Crippen molar-refractivity contribution in [3.63, 3.8) is 0 Å². The van der Waals surface area contributed by atoms with E-state index in [4.69, 9.17) is 9.47 Å². The molecule has 0 saturated carbocycles. The summed E-state index contributed by atoms with van der Waals surface area (Å²) in [6.45, 7) is 5.20. The molecule has 0 spiro atoms. The predicted molar refractivity (Wildman–Crippen MR) is 101 cm³/mol. The van der Waals surface area contributed by atoms with Crippen LogP contribution in [0.4, 0.5) is 0 Å². The van der Waals surface area contributed by atoms with Gasteiger partial charge in [-0.2, -0.15) is 0 Å². The van der Waals surface area contributed by atoms with E-state index in [1.807, 2.05) is 6.92 Å². The molecule has 1 aromatic rings. The monoisotopic (exact) mass is 348 g/mol. The van der Waals surface area contributed by atoms with Gasteiger partial charge >= 0.3 is 0 Å². The topological polar surface area (TPSA) is 55.8 Å². The fourth-order valence-corrected chi connectivity index (χ4v) is 2.53. The number of rotatable bonds is 14. The molecular weight excluding hydrogens is 316 g/mol. The van der Waals surface area contributed by atoms with Crippen LogP contribution >= 0.6 is 0 Å². The summed E-state index contributed by atoms with van der Waals surface area (Å²) in [6, 6.07) is 4.79. The third kappa shape index (κ3) is 9.18. The first kappa shape index (κ1) is 21.1. The van der Waals surface area contributed by atoms with Crippen LogP contribution in [0.1, 0.15) is 75.6 Å². The van der Waals surface area contributed by atoms with Crippen molar-refractivity contribution in [3.8, 4) is 11.5 Å². The number of benzene rings is 1. The van der Waals surface area contributed by atoms with Crippen molar-refractivity contribution in [3.05, 3.63) is 36.1 Å². The predicted octanol–water partition coefficient (Wildman–Crippen LogP) is 5.64. The van der Waals surface area contributed by atoms with E-state index in [9.17, 15) is 9.90 Å². The minimum absolute atomic E-state index is 0.0698. The summed E-state index contributed by atoms with van der Waals surface area (Å²) in [5.74, 6) is 0.228. The highest BCUT2D eigenvalue weighted by molar-refractivity contribution is 6.06. The van der Waals surface area contributed by atoms with E-state index in [1.165, 1.54) is 56.9 Å². The van der Waals surface area contributed by atoms with Crippen LogP contribution in [0.5, 0.6) is 11.5 Å². The van der Waals surface area contributed by atoms with Gasteiger partial charge in [-0.05, 0) is 25.5 Å². The maximum Gasteiger partial charge on any atom is 0.192 e. The average Bonchev–Trinajstić information content (AvgIpc) is 2.60. The van der Waals surface area contributed by atoms with Crippen molar-refractivity contribution in [2.45, 2.75) is 65.2 Å². The second kappa shape index (κ2) is 13.3. The minimum Gasteiger partial charge on any atom is -0.507 e. The Morgan fingerprint density at radius 1 is 1.04 bits per heavy atom. The highest BCUT2D eigenvalue weighted by Crippen LogP contribution is 2.24. The molecule has 4 nitrogen and oxygen atoms in total. The Morgan fingerprint density at radius 3 is 2.36 bits per heavy atom. The van der Waals surface area contributed by atoms with Gasteiger partial charge < -0.3 is 14.6 Å². The molecule has 4 heteroatoms. The zero-order valence-electron chi connectivity index (χ0n) is 15.6. The lowest BCUT2D eigenvalue weighted by Gasteiger charge is -2.08. The third-order valence-electron chi connectivity index (χ3n) is 3.98. The first-order chi connectivity index (χ1) is 12.2. The van der Waals surface area contributed by atoms with Crippen LogP contribution in [-0.4, -0.2) is 24.1 Å². The molecule has 0 bridgehead atoms. The molecular formula is C21H32O4. The molecule has 0 aliphatic heterocycles. The van der Waals surface area contributed by atoms with Crippen LogP contribution in [0.25, 0.3) is 0 Å². The highest BCUT2D eigenvalue weighted by atomic mass is 16.5. The number of hydrogen-bond donors (Lipinski definition) is 1. The van der Waals surface area contributed by atoms with Crippen molar-refractivity contribution in [1.82, 2.24) is 0 Å². The van der Waals surface area contributed by atoms with E-state index >= 15 is 0 Å². The Balaban J connectivity index is 2.27. The van der Waals surface area contributed by atoms with Crippen molar-refractivity contribution in [2.24, 2.45) is 0 Å². The lowest BCUT2D eigenvalue weighted by molar-refractivity contribution is 0.104. The number of phenols is 1. The van der Waals surface area contributed by atoms with Crippen molar-refractivity contribution >= 4 is 5.78 Å². The Kier molecular flexibility index (Phi) is 11.2. The summed E-state index contributed by atoms with van der Waals surface area (Å²) < 4.78 is 10.6. The first-order valence-corrected chi connectivity index (χ1v) is 9.47. The molecule has 0 heterocycles. The summed E-state index contributed by atoms with van der Waals surface area (Å²) in [7, 11) is 0. The number of carbonyl (C=O) groups excluding carboxylic acids is 1. The molecule has 1 aromatic carbocycles. The van der Waals surface area contributed by atoms with Gasteiger partial charge in [0.1, 0.15) is 11.5 Å². The standard InChI is InChI=1S/C21H32O4/c1-3-5-6-7-8-9-10-11-15-25-18-12-13-19(21(23)17-18)20(22)14-16-24-4-2/h12-14,16-17,23H,3-11,15H2,1-2H3/b16-14-. The molecule has 0 unspecified atom stereocenters. The summed E-state index contributed by atoms with van der Waals surface area (Å²) in [6.07, 6.45) is 12.7. The molecule has 0 aromatic heterocycles. The van der Waals surface area contributed by atoms with Crippen LogP contribution in [0.15, 0.2) is 30.5 Å². The van der Waals surface area contributed by atoms with Crippen molar-refractivity contribution < 1.29 is 19.4 Å². The number of aromatic hydroxyl groups is 1. The van der Waals surface area contributed by atoms with Crippen LogP contribution in [0.3, 0.4) is 0 Å². The number of ketones is 1. The van der Waals surface area contributed by atoms with E-state index in [-0.39, 0.29) is 17.1 Å².